The van der Waals surface area contributed by atoms with Gasteiger partial charge in [0.1, 0.15) is 24.4 Å². The van der Waals surface area contributed by atoms with E-state index < -0.39 is 24.4 Å². The number of aliphatic hydroxyl groups is 3. The maximum absolute atomic E-state index is 9.65. The van der Waals surface area contributed by atoms with Crippen LogP contribution in [0.25, 0.3) is 0 Å². The van der Waals surface area contributed by atoms with Crippen LogP contribution in [0.5, 0.6) is 0 Å². The molecular formula is C9H12N2O4. The molecule has 4 atom stereocenters. The topological polar surface area (TPSA) is 95.7 Å². The van der Waals surface area contributed by atoms with Crippen molar-refractivity contribution >= 4 is 0 Å². The Morgan fingerprint density at radius 1 is 1.20 bits per heavy atom. The van der Waals surface area contributed by atoms with Crippen LogP contribution in [-0.2, 0) is 4.74 Å². The maximum Gasteiger partial charge on any atom is 0.159 e. The molecule has 0 amide bonds. The molecule has 0 saturated carbocycles. The molecule has 2 rings (SSSR count). The van der Waals surface area contributed by atoms with Crippen LogP contribution in [-0.4, -0.2) is 50.2 Å². The predicted octanol–water partition coefficient (Wildman–Crippen LogP) is -1.37. The van der Waals surface area contributed by atoms with E-state index in [1.807, 2.05) is 0 Å². The first-order valence-electron chi connectivity index (χ1n) is 4.63. The summed E-state index contributed by atoms with van der Waals surface area (Å²) in [6.45, 7) is -0.346. The third-order valence-corrected chi connectivity index (χ3v) is 2.38. The van der Waals surface area contributed by atoms with Gasteiger partial charge in [-0.2, -0.15) is 0 Å². The third-order valence-electron chi connectivity index (χ3n) is 2.38. The van der Waals surface area contributed by atoms with Crippen LogP contribution in [0.4, 0.5) is 0 Å². The van der Waals surface area contributed by atoms with E-state index in [4.69, 9.17) is 9.84 Å². The van der Waals surface area contributed by atoms with Gasteiger partial charge in [0.15, 0.2) is 5.82 Å². The van der Waals surface area contributed by atoms with Gasteiger partial charge in [0.05, 0.1) is 6.61 Å². The summed E-state index contributed by atoms with van der Waals surface area (Å²) in [5.41, 5.74) is 0. The van der Waals surface area contributed by atoms with Gasteiger partial charge in [-0.25, -0.2) is 9.97 Å². The number of ether oxygens (including phenoxy) is 1. The first-order chi connectivity index (χ1) is 7.24. The highest BCUT2D eigenvalue weighted by molar-refractivity contribution is 5.02. The van der Waals surface area contributed by atoms with Crippen LogP contribution >= 0.6 is 0 Å². The Labute approximate surface area is 86.2 Å². The van der Waals surface area contributed by atoms with Gasteiger partial charge in [0, 0.05) is 12.4 Å². The summed E-state index contributed by atoms with van der Waals surface area (Å²) in [7, 11) is 0. The van der Waals surface area contributed by atoms with Gasteiger partial charge < -0.3 is 20.1 Å². The molecule has 1 aliphatic rings. The van der Waals surface area contributed by atoms with E-state index in [2.05, 4.69) is 9.97 Å². The largest absolute Gasteiger partial charge is 0.394 e. The molecule has 0 spiro atoms. The molecule has 1 aromatic heterocycles. The van der Waals surface area contributed by atoms with E-state index in [1.54, 1.807) is 6.07 Å². The van der Waals surface area contributed by atoms with Gasteiger partial charge >= 0.3 is 0 Å². The average molecular weight is 212 g/mol. The molecule has 6 nitrogen and oxygen atoms in total. The summed E-state index contributed by atoms with van der Waals surface area (Å²) >= 11 is 0. The number of nitrogens with zero attached hydrogens (tertiary/aromatic N) is 2. The van der Waals surface area contributed by atoms with Crippen molar-refractivity contribution in [1.29, 1.82) is 0 Å². The van der Waals surface area contributed by atoms with Crippen LogP contribution in [0.1, 0.15) is 11.9 Å². The predicted molar refractivity (Wildman–Crippen MR) is 48.7 cm³/mol. The first-order valence-corrected chi connectivity index (χ1v) is 4.63. The van der Waals surface area contributed by atoms with Crippen molar-refractivity contribution in [2.75, 3.05) is 6.61 Å². The fraction of sp³-hybridized carbons (Fsp3) is 0.556. The summed E-state index contributed by atoms with van der Waals surface area (Å²) in [5.74, 6) is 0.306. The molecule has 1 saturated heterocycles. The Kier molecular flexibility index (Phi) is 2.92. The number of rotatable bonds is 2. The number of aliphatic hydroxyl groups excluding tert-OH is 3. The molecule has 0 bridgehead atoms. The molecule has 15 heavy (non-hydrogen) atoms. The monoisotopic (exact) mass is 212 g/mol. The lowest BCUT2D eigenvalue weighted by molar-refractivity contribution is -0.0253. The van der Waals surface area contributed by atoms with Crippen molar-refractivity contribution in [2.45, 2.75) is 24.4 Å². The molecule has 6 heteroatoms. The van der Waals surface area contributed by atoms with Gasteiger partial charge in [-0.05, 0) is 6.07 Å². The summed E-state index contributed by atoms with van der Waals surface area (Å²) < 4.78 is 5.25. The van der Waals surface area contributed by atoms with E-state index in [0.717, 1.165) is 0 Å². The molecule has 2 heterocycles. The summed E-state index contributed by atoms with van der Waals surface area (Å²) in [6.07, 6.45) is -0.728. The second-order valence-electron chi connectivity index (χ2n) is 3.37. The Hall–Kier alpha value is -1.08. The molecule has 0 radical (unpaired) electrons. The van der Waals surface area contributed by atoms with Crippen molar-refractivity contribution in [3.05, 3.63) is 24.3 Å². The fourth-order valence-corrected chi connectivity index (χ4v) is 1.57. The highest BCUT2D eigenvalue weighted by atomic mass is 16.6. The Morgan fingerprint density at radius 3 is 2.40 bits per heavy atom. The standard InChI is InChI=1S/C9H12N2O4/c12-4-5-6(13)7(14)8(15-5)9-10-2-1-3-11-9/h1-3,5-8,12-14H,4H2/t5-,6+,7-,8-/m1/s1. The third kappa shape index (κ3) is 1.84. The highest BCUT2D eigenvalue weighted by Crippen LogP contribution is 2.31. The van der Waals surface area contributed by atoms with Crippen LogP contribution in [0.3, 0.4) is 0 Å². The van der Waals surface area contributed by atoms with E-state index in [-0.39, 0.29) is 6.61 Å². The Balaban J connectivity index is 2.19. The van der Waals surface area contributed by atoms with Crippen LogP contribution < -0.4 is 0 Å². The summed E-state index contributed by atoms with van der Waals surface area (Å²) in [5, 5.41) is 28.0. The van der Waals surface area contributed by atoms with E-state index in [9.17, 15) is 10.2 Å². The Morgan fingerprint density at radius 2 is 1.87 bits per heavy atom. The minimum Gasteiger partial charge on any atom is -0.394 e. The SMILES string of the molecule is OC[C@H]1O[C@@H](c2ncccn2)[C@H](O)[C@H]1O. The molecule has 1 aliphatic heterocycles. The van der Waals surface area contributed by atoms with Crippen molar-refractivity contribution in [1.82, 2.24) is 9.97 Å². The molecule has 1 aromatic rings. The Bertz CT molecular complexity index is 321. The summed E-state index contributed by atoms with van der Waals surface area (Å²) in [6, 6.07) is 1.64. The van der Waals surface area contributed by atoms with Gasteiger partial charge in [0.2, 0.25) is 0 Å². The molecule has 0 unspecified atom stereocenters. The molecule has 1 fully saturated rings. The minimum absolute atomic E-state index is 0.306. The van der Waals surface area contributed by atoms with Gasteiger partial charge in [-0.1, -0.05) is 0 Å². The second kappa shape index (κ2) is 4.19. The second-order valence-corrected chi connectivity index (χ2v) is 3.37. The zero-order chi connectivity index (χ0) is 10.8. The van der Waals surface area contributed by atoms with Gasteiger partial charge in [-0.3, -0.25) is 0 Å². The van der Waals surface area contributed by atoms with Crippen LogP contribution in [0.15, 0.2) is 18.5 Å². The van der Waals surface area contributed by atoms with Crippen molar-refractivity contribution in [3.63, 3.8) is 0 Å². The van der Waals surface area contributed by atoms with E-state index >= 15 is 0 Å². The van der Waals surface area contributed by atoms with E-state index in [1.165, 1.54) is 12.4 Å². The molecule has 82 valence electrons. The first kappa shape index (κ1) is 10.4. The quantitative estimate of drug-likeness (QED) is 0.560. The maximum atomic E-state index is 9.65. The minimum atomic E-state index is -1.11. The lowest BCUT2D eigenvalue weighted by Gasteiger charge is -2.12. The smallest absolute Gasteiger partial charge is 0.159 e. The van der Waals surface area contributed by atoms with Crippen molar-refractivity contribution in [3.8, 4) is 0 Å². The van der Waals surface area contributed by atoms with Crippen LogP contribution in [0.2, 0.25) is 0 Å². The number of hydrogen-bond donors (Lipinski definition) is 3. The summed E-state index contributed by atoms with van der Waals surface area (Å²) in [4.78, 5) is 7.85. The fourth-order valence-electron chi connectivity index (χ4n) is 1.57. The average Bonchev–Trinajstić information content (AvgIpc) is 2.57. The lowest BCUT2D eigenvalue weighted by atomic mass is 10.1. The van der Waals surface area contributed by atoms with Crippen molar-refractivity contribution < 1.29 is 20.1 Å². The molecular weight excluding hydrogens is 200 g/mol. The van der Waals surface area contributed by atoms with Crippen LogP contribution in [0, 0.1) is 0 Å². The number of hydrogen-bond acceptors (Lipinski definition) is 6. The zero-order valence-corrected chi connectivity index (χ0v) is 7.89. The lowest BCUT2D eigenvalue weighted by Crippen LogP contribution is -2.32. The highest BCUT2D eigenvalue weighted by Gasteiger charge is 2.44. The zero-order valence-electron chi connectivity index (χ0n) is 7.89. The van der Waals surface area contributed by atoms with Gasteiger partial charge in [0.25, 0.3) is 0 Å². The normalized spacial score (nSPS) is 35.7. The molecule has 0 aromatic carbocycles. The van der Waals surface area contributed by atoms with Gasteiger partial charge in [-0.15, -0.1) is 0 Å². The van der Waals surface area contributed by atoms with Crippen molar-refractivity contribution in [2.24, 2.45) is 0 Å². The molecule has 0 aliphatic carbocycles. The number of aromatic nitrogens is 2. The molecule has 3 N–H and O–H groups in total. The van der Waals surface area contributed by atoms with E-state index in [0.29, 0.717) is 5.82 Å².